The van der Waals surface area contributed by atoms with Gasteiger partial charge in [0.2, 0.25) is 0 Å². The van der Waals surface area contributed by atoms with Gasteiger partial charge < -0.3 is 4.74 Å². The summed E-state index contributed by atoms with van der Waals surface area (Å²) in [5, 5.41) is 0. The molecule has 0 bridgehead atoms. The Bertz CT molecular complexity index is 655. The number of fused-ring (bicyclic) bond motifs is 5. The van der Waals surface area contributed by atoms with Gasteiger partial charge in [0.05, 0.1) is 6.61 Å². The van der Waals surface area contributed by atoms with E-state index in [1.807, 2.05) is 0 Å². The van der Waals surface area contributed by atoms with Gasteiger partial charge in [-0.2, -0.15) is 0 Å². The molecule has 4 nitrogen and oxygen atoms in total. The van der Waals surface area contributed by atoms with Crippen molar-refractivity contribution in [2.75, 3.05) is 6.61 Å². The largest absolute Gasteiger partial charge is 0.465 e. The van der Waals surface area contributed by atoms with Gasteiger partial charge in [-0.3, -0.25) is 14.4 Å². The van der Waals surface area contributed by atoms with E-state index in [0.717, 1.165) is 51.4 Å². The molecule has 0 aromatic heterocycles. The van der Waals surface area contributed by atoms with E-state index in [4.69, 9.17) is 4.74 Å². The fraction of sp³-hybridized carbons (Fsp3) is 0.870. The van der Waals surface area contributed by atoms with Crippen molar-refractivity contribution in [1.29, 1.82) is 0 Å². The van der Waals surface area contributed by atoms with E-state index in [2.05, 4.69) is 6.92 Å². The topological polar surface area (TPSA) is 60.4 Å². The molecule has 4 fully saturated rings. The molecular formula is C23H34O4. The normalized spacial score (nSPS) is 46.2. The van der Waals surface area contributed by atoms with E-state index in [0.29, 0.717) is 36.1 Å². The van der Waals surface area contributed by atoms with Crippen molar-refractivity contribution in [3.8, 4) is 0 Å². The lowest BCUT2D eigenvalue weighted by Gasteiger charge is -2.60. The van der Waals surface area contributed by atoms with Crippen LogP contribution in [0, 0.1) is 40.4 Å². The minimum atomic E-state index is -0.235. The Morgan fingerprint density at radius 2 is 1.81 bits per heavy atom. The summed E-state index contributed by atoms with van der Waals surface area (Å²) in [5.41, 5.74) is 0.130. The quantitative estimate of drug-likeness (QED) is 0.689. The van der Waals surface area contributed by atoms with E-state index in [-0.39, 0.29) is 28.5 Å². The first-order chi connectivity index (χ1) is 12.8. The van der Waals surface area contributed by atoms with Gasteiger partial charge in [0.15, 0.2) is 0 Å². The Morgan fingerprint density at radius 1 is 1.04 bits per heavy atom. The van der Waals surface area contributed by atoms with E-state index >= 15 is 0 Å². The third-order valence-electron chi connectivity index (χ3n) is 9.23. The highest BCUT2D eigenvalue weighted by molar-refractivity contribution is 5.80. The number of carbonyl (C=O) groups is 3. The van der Waals surface area contributed by atoms with Crippen LogP contribution in [0.3, 0.4) is 0 Å². The second kappa shape index (κ2) is 6.70. The van der Waals surface area contributed by atoms with Crippen LogP contribution in [-0.4, -0.2) is 24.1 Å². The average Bonchev–Trinajstić information content (AvgIpc) is 3.00. The Morgan fingerprint density at radius 3 is 2.52 bits per heavy atom. The van der Waals surface area contributed by atoms with Gasteiger partial charge in [0, 0.05) is 31.1 Å². The van der Waals surface area contributed by atoms with Gasteiger partial charge in [-0.1, -0.05) is 6.92 Å². The van der Waals surface area contributed by atoms with E-state index in [1.165, 1.54) is 13.3 Å². The van der Waals surface area contributed by atoms with Gasteiger partial charge in [0.1, 0.15) is 11.6 Å². The zero-order valence-corrected chi connectivity index (χ0v) is 17.1. The maximum Gasteiger partial charge on any atom is 0.302 e. The predicted molar refractivity (Wildman–Crippen MR) is 102 cm³/mol. The Labute approximate surface area is 162 Å². The average molecular weight is 375 g/mol. The van der Waals surface area contributed by atoms with Gasteiger partial charge in [-0.15, -0.1) is 0 Å². The van der Waals surface area contributed by atoms with Crippen LogP contribution in [-0.2, 0) is 19.1 Å². The molecular weight excluding hydrogens is 340 g/mol. The molecule has 0 radical (unpaired) electrons. The summed E-state index contributed by atoms with van der Waals surface area (Å²) in [4.78, 5) is 36.1. The lowest BCUT2D eigenvalue weighted by Crippen LogP contribution is -2.55. The number of rotatable bonds is 3. The molecule has 0 aliphatic heterocycles. The number of ketones is 2. The summed E-state index contributed by atoms with van der Waals surface area (Å²) < 4.78 is 5.56. The molecule has 0 aromatic carbocycles. The fourth-order valence-electron chi connectivity index (χ4n) is 7.98. The predicted octanol–water partition coefficient (Wildman–Crippen LogP) is 4.35. The van der Waals surface area contributed by atoms with Gasteiger partial charge in [-0.05, 0) is 81.0 Å². The van der Waals surface area contributed by atoms with Crippen molar-refractivity contribution in [3.05, 3.63) is 0 Å². The smallest absolute Gasteiger partial charge is 0.302 e. The summed E-state index contributed by atoms with van der Waals surface area (Å²) in [5.74, 6) is 2.84. The molecule has 0 aromatic rings. The zero-order valence-electron chi connectivity index (χ0n) is 17.1. The number of ether oxygens (including phenoxy) is 1. The molecule has 4 saturated carbocycles. The summed E-state index contributed by atoms with van der Waals surface area (Å²) in [6.07, 6.45) is 9.03. The molecule has 4 aliphatic rings. The number of carbonyl (C=O) groups excluding carboxylic acids is 3. The van der Waals surface area contributed by atoms with Gasteiger partial charge >= 0.3 is 5.97 Å². The molecule has 7 atom stereocenters. The first kappa shape index (κ1) is 19.1. The van der Waals surface area contributed by atoms with Crippen molar-refractivity contribution in [2.45, 2.75) is 78.6 Å². The zero-order chi connectivity index (χ0) is 19.4. The van der Waals surface area contributed by atoms with Crippen LogP contribution in [0.1, 0.15) is 78.6 Å². The number of Topliss-reactive ketones (excluding diaryl/α,β-unsaturated/α-hetero) is 2. The highest BCUT2D eigenvalue weighted by Crippen LogP contribution is 2.67. The van der Waals surface area contributed by atoms with Gasteiger partial charge in [0.25, 0.3) is 0 Å². The van der Waals surface area contributed by atoms with E-state index in [9.17, 15) is 14.4 Å². The first-order valence-corrected chi connectivity index (χ1v) is 10.9. The van der Waals surface area contributed by atoms with Crippen molar-refractivity contribution in [3.63, 3.8) is 0 Å². The molecule has 4 aliphatic carbocycles. The molecule has 150 valence electrons. The Hall–Kier alpha value is -1.19. The highest BCUT2D eigenvalue weighted by Gasteiger charge is 2.62. The van der Waals surface area contributed by atoms with Crippen molar-refractivity contribution >= 4 is 17.5 Å². The second-order valence-corrected chi connectivity index (χ2v) is 10.2. The van der Waals surface area contributed by atoms with Crippen LogP contribution in [0.25, 0.3) is 0 Å². The molecule has 0 spiro atoms. The van der Waals surface area contributed by atoms with E-state index < -0.39 is 0 Å². The van der Waals surface area contributed by atoms with Crippen LogP contribution in [0.15, 0.2) is 0 Å². The van der Waals surface area contributed by atoms with Crippen LogP contribution in [0.2, 0.25) is 0 Å². The molecule has 0 saturated heterocycles. The maximum absolute atomic E-state index is 12.5. The number of hydrogen-bond donors (Lipinski definition) is 0. The van der Waals surface area contributed by atoms with Crippen molar-refractivity contribution < 1.29 is 19.1 Å². The van der Waals surface area contributed by atoms with Crippen LogP contribution in [0.5, 0.6) is 0 Å². The standard InChI is InChI=1S/C23H34O4/c1-14(24)19-6-7-21-18-5-4-16-12-17(26)8-10-22(16,3)20(18)9-11-23(19,21)13-27-15(2)25/h16,18-21H,4-13H2,1-3H3/t16-,18+,19?,20-,21-,22?,23?/m0/s1. The summed E-state index contributed by atoms with van der Waals surface area (Å²) in [7, 11) is 0. The maximum atomic E-state index is 12.5. The van der Waals surface area contributed by atoms with Gasteiger partial charge in [-0.25, -0.2) is 0 Å². The third-order valence-corrected chi connectivity index (χ3v) is 9.23. The van der Waals surface area contributed by atoms with Crippen molar-refractivity contribution in [2.24, 2.45) is 40.4 Å². The van der Waals surface area contributed by atoms with E-state index in [1.54, 1.807) is 6.92 Å². The number of esters is 1. The fourth-order valence-corrected chi connectivity index (χ4v) is 7.98. The van der Waals surface area contributed by atoms with Crippen LogP contribution >= 0.6 is 0 Å². The third kappa shape index (κ3) is 2.89. The minimum absolute atomic E-state index is 0.0428. The molecule has 0 N–H and O–H groups in total. The minimum Gasteiger partial charge on any atom is -0.465 e. The Balaban J connectivity index is 1.64. The lowest BCUT2D eigenvalue weighted by atomic mass is 9.44. The molecule has 4 rings (SSSR count). The lowest BCUT2D eigenvalue weighted by molar-refractivity contribution is -0.163. The molecule has 3 unspecified atom stereocenters. The van der Waals surface area contributed by atoms with Crippen LogP contribution in [0.4, 0.5) is 0 Å². The summed E-state index contributed by atoms with van der Waals surface area (Å²) in [6, 6.07) is 0. The molecule has 4 heteroatoms. The molecule has 0 heterocycles. The first-order valence-electron chi connectivity index (χ1n) is 10.9. The number of hydrogen-bond acceptors (Lipinski definition) is 4. The molecule has 0 amide bonds. The van der Waals surface area contributed by atoms with Crippen molar-refractivity contribution in [1.82, 2.24) is 0 Å². The summed E-state index contributed by atoms with van der Waals surface area (Å²) >= 11 is 0. The SMILES string of the molecule is CC(=O)OCC12CC[C@H]3[C@@H](CC[C@H]4CC(=O)CCC43C)[C@@H]1CCC2C(C)=O. The van der Waals surface area contributed by atoms with Crippen LogP contribution < -0.4 is 0 Å². The monoisotopic (exact) mass is 374 g/mol. The second-order valence-electron chi connectivity index (χ2n) is 10.2. The Kier molecular flexibility index (Phi) is 4.75. The highest BCUT2D eigenvalue weighted by atomic mass is 16.5. The summed E-state index contributed by atoms with van der Waals surface area (Å²) in [6.45, 7) is 6.05. The molecule has 27 heavy (non-hydrogen) atoms.